The third-order valence-corrected chi connectivity index (χ3v) is 3.02. The lowest BCUT2D eigenvalue weighted by Gasteiger charge is -2.14. The van der Waals surface area contributed by atoms with Crippen molar-refractivity contribution in [3.8, 4) is 22.6 Å². The Kier molecular flexibility index (Phi) is 4.48. The summed E-state index contributed by atoms with van der Waals surface area (Å²) in [7, 11) is 3.98. The zero-order valence-corrected chi connectivity index (χ0v) is 11.8. The zero-order valence-electron chi connectivity index (χ0n) is 11.8. The van der Waals surface area contributed by atoms with Crippen LogP contribution in [0.5, 0.6) is 11.5 Å². The molecule has 2 rings (SSSR count). The number of likely N-dealkylation sites (N-methyl/N-ethyl adjacent to an activating group) is 1. The molecule has 0 unspecified atom stereocenters. The molecule has 0 aromatic heterocycles. The number of para-hydroxylation sites is 1. The molecule has 0 heterocycles. The van der Waals surface area contributed by atoms with Crippen molar-refractivity contribution in [2.75, 3.05) is 33.0 Å². The van der Waals surface area contributed by atoms with Gasteiger partial charge in [-0.05, 0) is 37.9 Å². The normalized spacial score (nSPS) is 10.8. The minimum Gasteiger partial charge on any atom is -0.507 e. The van der Waals surface area contributed by atoms with Crippen LogP contribution in [0.1, 0.15) is 0 Å². The Hall–Kier alpha value is -2.20. The van der Waals surface area contributed by atoms with Crippen LogP contribution >= 0.6 is 0 Å². The first kappa shape index (κ1) is 14.2. The molecule has 2 aromatic carbocycles. The second kappa shape index (κ2) is 6.30. The molecule has 0 amide bonds. The van der Waals surface area contributed by atoms with Crippen LogP contribution in [0, 0.1) is 0 Å². The summed E-state index contributed by atoms with van der Waals surface area (Å²) in [5.41, 5.74) is 8.18. The highest BCUT2D eigenvalue weighted by molar-refractivity contribution is 5.74. The average Bonchev–Trinajstić information content (AvgIpc) is 2.41. The first-order chi connectivity index (χ1) is 9.58. The number of nitrogens with two attached hydrogens (primary N) is 1. The molecule has 0 aliphatic carbocycles. The van der Waals surface area contributed by atoms with Crippen LogP contribution in [0.3, 0.4) is 0 Å². The largest absolute Gasteiger partial charge is 0.507 e. The van der Waals surface area contributed by atoms with Crippen LogP contribution in [0.2, 0.25) is 0 Å². The predicted octanol–water partition coefficient (Wildman–Crippen LogP) is 2.58. The molecule has 0 atom stereocenters. The van der Waals surface area contributed by atoms with Gasteiger partial charge in [-0.3, -0.25) is 0 Å². The fourth-order valence-electron chi connectivity index (χ4n) is 1.88. The van der Waals surface area contributed by atoms with Crippen molar-refractivity contribution in [3.05, 3.63) is 42.5 Å². The Morgan fingerprint density at radius 2 is 1.90 bits per heavy atom. The summed E-state index contributed by atoms with van der Waals surface area (Å²) in [4.78, 5) is 2.04. The van der Waals surface area contributed by atoms with Gasteiger partial charge in [0.25, 0.3) is 0 Å². The summed E-state index contributed by atoms with van der Waals surface area (Å²) in [6.07, 6.45) is 0. The summed E-state index contributed by atoms with van der Waals surface area (Å²) in [6.45, 7) is 1.39. The van der Waals surface area contributed by atoms with E-state index < -0.39 is 0 Å². The van der Waals surface area contributed by atoms with Gasteiger partial charge < -0.3 is 20.5 Å². The van der Waals surface area contributed by atoms with E-state index >= 15 is 0 Å². The van der Waals surface area contributed by atoms with Gasteiger partial charge in [-0.2, -0.15) is 0 Å². The number of benzene rings is 2. The van der Waals surface area contributed by atoms with Gasteiger partial charge in [-0.25, -0.2) is 0 Å². The van der Waals surface area contributed by atoms with E-state index in [0.29, 0.717) is 18.0 Å². The fourth-order valence-corrected chi connectivity index (χ4v) is 1.88. The van der Waals surface area contributed by atoms with Crippen molar-refractivity contribution in [3.63, 3.8) is 0 Å². The van der Waals surface area contributed by atoms with E-state index in [9.17, 15) is 5.11 Å². The number of nitrogen functional groups attached to an aromatic ring is 1. The second-order valence-corrected chi connectivity index (χ2v) is 4.92. The molecule has 0 bridgehead atoms. The Labute approximate surface area is 119 Å². The summed E-state index contributed by atoms with van der Waals surface area (Å²) in [5.74, 6) is 0.893. The van der Waals surface area contributed by atoms with Gasteiger partial charge in [0.2, 0.25) is 0 Å². The van der Waals surface area contributed by atoms with Crippen molar-refractivity contribution in [2.24, 2.45) is 0 Å². The van der Waals surface area contributed by atoms with Gasteiger partial charge in [0.15, 0.2) is 0 Å². The van der Waals surface area contributed by atoms with E-state index in [0.717, 1.165) is 17.7 Å². The standard InChI is InChI=1S/C16H20N2O2/c1-18(2)9-10-20-16-11-12(7-8-14(16)17)13-5-3-4-6-15(13)19/h3-8,11,19H,9-10,17H2,1-2H3. The van der Waals surface area contributed by atoms with Crippen molar-refractivity contribution in [2.45, 2.75) is 0 Å². The molecule has 0 aliphatic rings. The number of hydrogen-bond acceptors (Lipinski definition) is 4. The molecule has 2 aromatic rings. The van der Waals surface area contributed by atoms with Gasteiger partial charge in [0.05, 0.1) is 5.69 Å². The number of phenolic OH excluding ortho intramolecular Hbond substituents is 1. The number of ether oxygens (including phenoxy) is 1. The summed E-state index contributed by atoms with van der Waals surface area (Å²) in [6, 6.07) is 12.8. The highest BCUT2D eigenvalue weighted by Crippen LogP contribution is 2.33. The molecule has 4 nitrogen and oxygen atoms in total. The zero-order chi connectivity index (χ0) is 14.5. The molecule has 3 N–H and O–H groups in total. The fraction of sp³-hybridized carbons (Fsp3) is 0.250. The van der Waals surface area contributed by atoms with Crippen molar-refractivity contribution < 1.29 is 9.84 Å². The maximum Gasteiger partial charge on any atom is 0.142 e. The second-order valence-electron chi connectivity index (χ2n) is 4.92. The van der Waals surface area contributed by atoms with Gasteiger partial charge >= 0.3 is 0 Å². The third-order valence-electron chi connectivity index (χ3n) is 3.02. The molecular weight excluding hydrogens is 252 g/mol. The number of phenols is 1. The van der Waals surface area contributed by atoms with Crippen LogP contribution in [0.4, 0.5) is 5.69 Å². The van der Waals surface area contributed by atoms with Crippen LogP contribution in [0.25, 0.3) is 11.1 Å². The molecule has 0 radical (unpaired) electrons. The minimum atomic E-state index is 0.247. The molecule has 0 saturated heterocycles. The first-order valence-corrected chi connectivity index (χ1v) is 6.53. The van der Waals surface area contributed by atoms with Gasteiger partial charge in [-0.15, -0.1) is 0 Å². The van der Waals surface area contributed by atoms with Gasteiger partial charge in [0.1, 0.15) is 18.1 Å². The summed E-state index contributed by atoms with van der Waals surface area (Å²) in [5, 5.41) is 9.89. The van der Waals surface area contributed by atoms with Crippen molar-refractivity contribution in [1.29, 1.82) is 0 Å². The highest BCUT2D eigenvalue weighted by Gasteiger charge is 2.07. The maximum atomic E-state index is 9.89. The monoisotopic (exact) mass is 272 g/mol. The van der Waals surface area contributed by atoms with Crippen LogP contribution in [0.15, 0.2) is 42.5 Å². The minimum absolute atomic E-state index is 0.247. The lowest BCUT2D eigenvalue weighted by atomic mass is 10.0. The van der Waals surface area contributed by atoms with E-state index in [4.69, 9.17) is 10.5 Å². The molecule has 4 heteroatoms. The predicted molar refractivity (Wildman–Crippen MR) is 82.0 cm³/mol. The Morgan fingerprint density at radius 1 is 1.15 bits per heavy atom. The Balaban J connectivity index is 2.22. The van der Waals surface area contributed by atoms with Gasteiger partial charge in [-0.1, -0.05) is 24.3 Å². The van der Waals surface area contributed by atoms with Crippen molar-refractivity contribution >= 4 is 5.69 Å². The number of rotatable bonds is 5. The molecule has 0 saturated carbocycles. The maximum absolute atomic E-state index is 9.89. The number of aromatic hydroxyl groups is 1. The van der Waals surface area contributed by atoms with Crippen LogP contribution in [-0.4, -0.2) is 37.3 Å². The first-order valence-electron chi connectivity index (χ1n) is 6.53. The lowest BCUT2D eigenvalue weighted by Crippen LogP contribution is -2.19. The summed E-state index contributed by atoms with van der Waals surface area (Å²) >= 11 is 0. The topological polar surface area (TPSA) is 58.7 Å². The highest BCUT2D eigenvalue weighted by atomic mass is 16.5. The molecule has 106 valence electrons. The molecule has 0 aliphatic heterocycles. The number of nitrogens with zero attached hydrogens (tertiary/aromatic N) is 1. The average molecular weight is 272 g/mol. The van der Waals surface area contributed by atoms with Gasteiger partial charge in [0, 0.05) is 12.1 Å². The number of hydrogen-bond donors (Lipinski definition) is 2. The van der Waals surface area contributed by atoms with E-state index in [1.165, 1.54) is 0 Å². The van der Waals surface area contributed by atoms with Crippen LogP contribution in [-0.2, 0) is 0 Å². The third kappa shape index (κ3) is 3.42. The lowest BCUT2D eigenvalue weighted by molar-refractivity contribution is 0.262. The smallest absolute Gasteiger partial charge is 0.142 e. The Bertz CT molecular complexity index is 582. The quantitative estimate of drug-likeness (QED) is 0.821. The summed E-state index contributed by atoms with van der Waals surface area (Å²) < 4.78 is 5.70. The molecule has 0 spiro atoms. The van der Waals surface area contributed by atoms with E-state index in [2.05, 4.69) is 0 Å². The SMILES string of the molecule is CN(C)CCOc1cc(-c2ccccc2O)ccc1N. The van der Waals surface area contributed by atoms with E-state index in [1.807, 2.05) is 43.3 Å². The van der Waals surface area contributed by atoms with E-state index in [-0.39, 0.29) is 5.75 Å². The molecular formula is C16H20N2O2. The van der Waals surface area contributed by atoms with Crippen LogP contribution < -0.4 is 10.5 Å². The molecule has 20 heavy (non-hydrogen) atoms. The molecule has 0 fully saturated rings. The Morgan fingerprint density at radius 3 is 2.60 bits per heavy atom. The van der Waals surface area contributed by atoms with E-state index in [1.54, 1.807) is 18.2 Å². The number of anilines is 1. The van der Waals surface area contributed by atoms with Crippen molar-refractivity contribution in [1.82, 2.24) is 4.90 Å².